The van der Waals surface area contributed by atoms with Gasteiger partial charge in [0.25, 0.3) is 0 Å². The molecular weight excluding hydrogens is 262 g/mol. The maximum Gasteiger partial charge on any atom is 0.132 e. The molecule has 116 valence electrons. The van der Waals surface area contributed by atoms with Crippen molar-refractivity contribution in [3.05, 3.63) is 17.7 Å². The number of rotatable bonds is 1. The summed E-state index contributed by atoms with van der Waals surface area (Å²) < 4.78 is 4.00. The molecule has 2 aromatic heterocycles. The molecule has 2 rings (SSSR count). The minimum atomic E-state index is -0.117. The highest BCUT2D eigenvalue weighted by Gasteiger charge is 2.31. The minimum Gasteiger partial charge on any atom is -0.383 e. The van der Waals surface area contributed by atoms with Gasteiger partial charge in [-0.1, -0.05) is 20.8 Å². The summed E-state index contributed by atoms with van der Waals surface area (Å²) in [6.45, 7) is 15.0. The zero-order valence-electron chi connectivity index (χ0n) is 14.4. The van der Waals surface area contributed by atoms with E-state index in [0.717, 1.165) is 22.8 Å². The van der Waals surface area contributed by atoms with Crippen LogP contribution in [0.2, 0.25) is 0 Å². The normalized spacial score (nSPS) is 13.0. The molecule has 0 aromatic carbocycles. The first-order valence-electron chi connectivity index (χ1n) is 7.32. The first kappa shape index (κ1) is 15.6. The van der Waals surface area contributed by atoms with Crippen LogP contribution in [0.25, 0.3) is 11.3 Å². The Morgan fingerprint density at radius 2 is 1.67 bits per heavy atom. The molecule has 2 aromatic rings. The van der Waals surface area contributed by atoms with E-state index in [1.165, 1.54) is 0 Å². The van der Waals surface area contributed by atoms with Gasteiger partial charge in [0.05, 0.1) is 6.20 Å². The van der Waals surface area contributed by atoms with Crippen LogP contribution in [0.5, 0.6) is 0 Å². The fourth-order valence-electron chi connectivity index (χ4n) is 2.54. The van der Waals surface area contributed by atoms with Gasteiger partial charge in [0, 0.05) is 29.3 Å². The predicted molar refractivity (Wildman–Crippen MR) is 87.3 cm³/mol. The summed E-state index contributed by atoms with van der Waals surface area (Å²) in [5, 5.41) is 4.31. The number of imidazole rings is 1. The summed E-state index contributed by atoms with van der Waals surface area (Å²) in [5.41, 5.74) is 9.18. The highest BCUT2D eigenvalue weighted by atomic mass is 15.3. The molecule has 5 heteroatoms. The van der Waals surface area contributed by atoms with E-state index in [0.29, 0.717) is 5.82 Å². The highest BCUT2D eigenvalue weighted by Crippen LogP contribution is 2.36. The van der Waals surface area contributed by atoms with Crippen molar-refractivity contribution in [3.8, 4) is 11.3 Å². The Kier molecular flexibility index (Phi) is 3.43. The predicted octanol–water partition coefficient (Wildman–Crippen LogP) is 3.23. The van der Waals surface area contributed by atoms with Crippen LogP contribution in [-0.4, -0.2) is 19.3 Å². The number of nitrogens with zero attached hydrogens (tertiary/aromatic N) is 4. The van der Waals surface area contributed by atoms with Crippen LogP contribution < -0.4 is 5.73 Å². The number of anilines is 1. The van der Waals surface area contributed by atoms with Crippen LogP contribution in [0.4, 0.5) is 5.82 Å². The summed E-state index contributed by atoms with van der Waals surface area (Å²) >= 11 is 0. The molecule has 0 aliphatic heterocycles. The Morgan fingerprint density at radius 1 is 1.10 bits per heavy atom. The van der Waals surface area contributed by atoms with E-state index >= 15 is 0 Å². The SMILES string of the molecule is Cc1c(-c2nc(C(C)(C)C)n(C(C)(C)C)c2N)cnn1C. The lowest BCUT2D eigenvalue weighted by Gasteiger charge is -2.29. The fraction of sp³-hybridized carbons (Fsp3) is 0.625. The monoisotopic (exact) mass is 289 g/mol. The standard InChI is InChI=1S/C16H27N5/c1-10-11(9-18-20(10)8)12-13(17)21(16(5,6)7)14(19-12)15(2,3)4/h9H,17H2,1-8H3. The number of aromatic nitrogens is 4. The smallest absolute Gasteiger partial charge is 0.132 e. The van der Waals surface area contributed by atoms with Crippen molar-refractivity contribution in [2.75, 3.05) is 5.73 Å². The van der Waals surface area contributed by atoms with Gasteiger partial charge in [0.1, 0.15) is 17.3 Å². The lowest BCUT2D eigenvalue weighted by atomic mass is 9.94. The lowest BCUT2D eigenvalue weighted by molar-refractivity contribution is 0.359. The van der Waals surface area contributed by atoms with Crippen LogP contribution >= 0.6 is 0 Å². The van der Waals surface area contributed by atoms with E-state index in [1.807, 2.05) is 24.9 Å². The molecule has 0 aliphatic rings. The second kappa shape index (κ2) is 4.61. The molecule has 0 bridgehead atoms. The molecule has 5 nitrogen and oxygen atoms in total. The zero-order valence-corrected chi connectivity index (χ0v) is 14.4. The molecule has 0 unspecified atom stereocenters. The third-order valence-electron chi connectivity index (χ3n) is 3.75. The van der Waals surface area contributed by atoms with Crippen molar-refractivity contribution in [1.29, 1.82) is 0 Å². The average Bonchev–Trinajstić information content (AvgIpc) is 2.80. The highest BCUT2D eigenvalue weighted by molar-refractivity contribution is 5.72. The molecule has 0 spiro atoms. The molecule has 0 amide bonds. The fourth-order valence-corrected chi connectivity index (χ4v) is 2.54. The first-order chi connectivity index (χ1) is 9.44. The van der Waals surface area contributed by atoms with E-state index < -0.39 is 0 Å². The van der Waals surface area contributed by atoms with Gasteiger partial charge in [0.2, 0.25) is 0 Å². The van der Waals surface area contributed by atoms with E-state index in [4.69, 9.17) is 10.7 Å². The van der Waals surface area contributed by atoms with Gasteiger partial charge in [-0.3, -0.25) is 4.68 Å². The van der Waals surface area contributed by atoms with Crippen LogP contribution in [-0.2, 0) is 18.0 Å². The second-order valence-corrected chi connectivity index (χ2v) is 7.69. The van der Waals surface area contributed by atoms with Gasteiger partial charge in [-0.05, 0) is 27.7 Å². The average molecular weight is 289 g/mol. The van der Waals surface area contributed by atoms with Crippen LogP contribution in [0.1, 0.15) is 53.1 Å². The topological polar surface area (TPSA) is 61.7 Å². The summed E-state index contributed by atoms with van der Waals surface area (Å²) in [5.74, 6) is 1.72. The Bertz CT molecular complexity index is 662. The van der Waals surface area contributed by atoms with E-state index in [-0.39, 0.29) is 11.0 Å². The summed E-state index contributed by atoms with van der Waals surface area (Å²) in [4.78, 5) is 4.88. The molecule has 2 heterocycles. The van der Waals surface area contributed by atoms with Crippen LogP contribution in [0.15, 0.2) is 6.20 Å². The molecule has 0 saturated carbocycles. The molecule has 2 N–H and O–H groups in total. The van der Waals surface area contributed by atoms with Crippen molar-refractivity contribution in [1.82, 2.24) is 19.3 Å². The molecule has 0 fully saturated rings. The summed E-state index contributed by atoms with van der Waals surface area (Å²) in [6, 6.07) is 0. The number of hydrogen-bond donors (Lipinski definition) is 1. The quantitative estimate of drug-likeness (QED) is 0.876. The largest absolute Gasteiger partial charge is 0.383 e. The maximum atomic E-state index is 6.46. The third kappa shape index (κ3) is 2.57. The number of aryl methyl sites for hydroxylation is 1. The van der Waals surface area contributed by atoms with Gasteiger partial charge < -0.3 is 10.3 Å². The molecule has 0 radical (unpaired) electrons. The summed E-state index contributed by atoms with van der Waals surface area (Å²) in [6.07, 6.45) is 1.84. The van der Waals surface area contributed by atoms with Gasteiger partial charge in [0.15, 0.2) is 0 Å². The van der Waals surface area contributed by atoms with Gasteiger partial charge in [-0.25, -0.2) is 4.98 Å². The van der Waals surface area contributed by atoms with Gasteiger partial charge >= 0.3 is 0 Å². The Hall–Kier alpha value is -1.78. The van der Waals surface area contributed by atoms with Crippen molar-refractivity contribution in [2.24, 2.45) is 7.05 Å². The Labute approximate surface area is 127 Å². The van der Waals surface area contributed by atoms with Crippen molar-refractivity contribution < 1.29 is 0 Å². The summed E-state index contributed by atoms with van der Waals surface area (Å²) in [7, 11) is 1.93. The van der Waals surface area contributed by atoms with Crippen molar-refractivity contribution >= 4 is 5.82 Å². The van der Waals surface area contributed by atoms with E-state index in [9.17, 15) is 0 Å². The second-order valence-electron chi connectivity index (χ2n) is 7.69. The van der Waals surface area contributed by atoms with Gasteiger partial charge in [-0.2, -0.15) is 5.10 Å². The first-order valence-corrected chi connectivity index (χ1v) is 7.32. The molecule has 0 aliphatic carbocycles. The van der Waals surface area contributed by atoms with Crippen molar-refractivity contribution in [2.45, 2.75) is 59.4 Å². The zero-order chi connectivity index (χ0) is 16.2. The number of nitrogen functional groups attached to an aromatic ring is 1. The van der Waals surface area contributed by atoms with E-state index in [2.05, 4.69) is 51.2 Å². The van der Waals surface area contributed by atoms with Crippen molar-refractivity contribution in [3.63, 3.8) is 0 Å². The molecule has 0 saturated heterocycles. The molecule has 21 heavy (non-hydrogen) atoms. The minimum absolute atomic E-state index is 0.0736. The molecular formula is C16H27N5. The number of nitrogens with two attached hydrogens (primary N) is 1. The molecule has 0 atom stereocenters. The lowest BCUT2D eigenvalue weighted by Crippen LogP contribution is -2.30. The van der Waals surface area contributed by atoms with Gasteiger partial charge in [-0.15, -0.1) is 0 Å². The van der Waals surface area contributed by atoms with Crippen LogP contribution in [0.3, 0.4) is 0 Å². The Balaban J connectivity index is 2.77. The van der Waals surface area contributed by atoms with E-state index in [1.54, 1.807) is 0 Å². The third-order valence-corrected chi connectivity index (χ3v) is 3.75. The maximum absolute atomic E-state index is 6.46. The van der Waals surface area contributed by atoms with Crippen LogP contribution in [0, 0.1) is 6.92 Å². The number of hydrogen-bond acceptors (Lipinski definition) is 3. The Morgan fingerprint density at radius 3 is 2.00 bits per heavy atom.